The molecule has 1 atom stereocenters. The average Bonchev–Trinajstić information content (AvgIpc) is 2.79. The summed E-state index contributed by atoms with van der Waals surface area (Å²) in [5, 5.41) is 5.19. The predicted molar refractivity (Wildman–Crippen MR) is 79.5 cm³/mol. The normalized spacial score (nSPS) is 21.0. The third kappa shape index (κ3) is 2.57. The molecule has 8 heteroatoms. The minimum absolute atomic E-state index is 0.305. The average molecular weight is 312 g/mol. The number of urea groups is 1. The zero-order valence-electron chi connectivity index (χ0n) is 11.8. The van der Waals surface area contributed by atoms with Crippen molar-refractivity contribution in [2.45, 2.75) is 0 Å². The van der Waals surface area contributed by atoms with Crippen LogP contribution < -0.4 is 21.1 Å². The maximum atomic E-state index is 12.5. The maximum absolute atomic E-state index is 12.5. The molecule has 5 amide bonds. The molecule has 0 aliphatic carbocycles. The Morgan fingerprint density at radius 2 is 1.61 bits per heavy atom. The van der Waals surface area contributed by atoms with Crippen LogP contribution in [0.1, 0.15) is 0 Å². The van der Waals surface area contributed by atoms with E-state index in [1.54, 1.807) is 24.3 Å². The molecular formula is C15H12N4O4. The van der Waals surface area contributed by atoms with Crippen LogP contribution in [0.4, 0.5) is 10.5 Å². The van der Waals surface area contributed by atoms with Gasteiger partial charge in [-0.3, -0.25) is 30.4 Å². The second-order valence-corrected chi connectivity index (χ2v) is 4.94. The number of benzene rings is 1. The van der Waals surface area contributed by atoms with Crippen molar-refractivity contribution in [3.8, 4) is 0 Å². The fraction of sp³-hybridized carbons (Fsp3) is 0.0667. The van der Waals surface area contributed by atoms with Gasteiger partial charge in [0.2, 0.25) is 0 Å². The molecule has 2 aliphatic rings. The number of hydrogen-bond donors (Lipinski definition) is 3. The van der Waals surface area contributed by atoms with Gasteiger partial charge in [-0.2, -0.15) is 0 Å². The summed E-state index contributed by atoms with van der Waals surface area (Å²) < 4.78 is 0. The van der Waals surface area contributed by atoms with E-state index < -0.39 is 23.8 Å². The number of barbiturate groups is 1. The third-order valence-electron chi connectivity index (χ3n) is 3.41. The topological polar surface area (TPSA) is 108 Å². The predicted octanol–water partition coefficient (Wildman–Crippen LogP) is -0.0399. The number of amides is 5. The van der Waals surface area contributed by atoms with Crippen LogP contribution >= 0.6 is 0 Å². The molecule has 0 saturated carbocycles. The first-order valence-corrected chi connectivity index (χ1v) is 6.70. The molecule has 3 N–H and O–H groups in total. The molecule has 1 unspecified atom stereocenters. The van der Waals surface area contributed by atoms with Crippen LogP contribution in [0.5, 0.6) is 0 Å². The highest BCUT2D eigenvalue weighted by atomic mass is 16.2. The Labute approximate surface area is 130 Å². The number of anilines is 1. The Hall–Kier alpha value is -3.42. The fourth-order valence-corrected chi connectivity index (χ4v) is 2.29. The molecule has 0 radical (unpaired) electrons. The first-order chi connectivity index (χ1) is 11.0. The van der Waals surface area contributed by atoms with Gasteiger partial charge in [0.15, 0.2) is 0 Å². The molecule has 2 aliphatic heterocycles. The van der Waals surface area contributed by atoms with E-state index in [1.807, 2.05) is 16.7 Å². The van der Waals surface area contributed by atoms with E-state index in [9.17, 15) is 19.2 Å². The number of imide groups is 2. The number of carbonyl (C=O) groups is 4. The van der Waals surface area contributed by atoms with Gasteiger partial charge in [0.1, 0.15) is 11.5 Å². The molecule has 2 saturated heterocycles. The summed E-state index contributed by atoms with van der Waals surface area (Å²) in [7, 11) is 0. The van der Waals surface area contributed by atoms with Crippen molar-refractivity contribution in [3.63, 3.8) is 0 Å². The van der Waals surface area contributed by atoms with Crippen LogP contribution in [-0.2, 0) is 14.4 Å². The standard InChI is InChI=1S/C15H12N4O4/c1-8-10(7-11-12(20)16-15(23)17-13(11)21)14(22)19(18-8)9-5-3-2-4-6-9/h2-7,10,18H,1H2,(H2,16,17,20,21,23). The van der Waals surface area contributed by atoms with Crippen molar-refractivity contribution in [3.05, 3.63) is 54.3 Å². The van der Waals surface area contributed by atoms with Gasteiger partial charge in [-0.15, -0.1) is 0 Å². The number of hydrazine groups is 1. The van der Waals surface area contributed by atoms with Crippen LogP contribution in [0.2, 0.25) is 0 Å². The van der Waals surface area contributed by atoms with Crippen LogP contribution in [0.15, 0.2) is 54.3 Å². The lowest BCUT2D eigenvalue weighted by molar-refractivity contribution is -0.124. The number of carbonyl (C=O) groups excluding carboxylic acids is 4. The van der Waals surface area contributed by atoms with Crippen LogP contribution in [0, 0.1) is 5.92 Å². The van der Waals surface area contributed by atoms with Gasteiger partial charge in [-0.05, 0) is 18.2 Å². The molecular weight excluding hydrogens is 300 g/mol. The highest BCUT2D eigenvalue weighted by Crippen LogP contribution is 2.26. The Balaban J connectivity index is 1.89. The van der Waals surface area contributed by atoms with Crippen LogP contribution in [0.25, 0.3) is 0 Å². The highest BCUT2D eigenvalue weighted by molar-refractivity contribution is 6.29. The molecule has 1 aromatic rings. The Bertz CT molecular complexity index is 747. The van der Waals surface area contributed by atoms with Crippen molar-refractivity contribution in [1.82, 2.24) is 16.1 Å². The third-order valence-corrected chi connectivity index (χ3v) is 3.41. The minimum atomic E-state index is -0.894. The number of rotatable bonds is 2. The molecule has 0 spiro atoms. The first kappa shape index (κ1) is 14.5. The van der Waals surface area contributed by atoms with Gasteiger partial charge >= 0.3 is 6.03 Å². The summed E-state index contributed by atoms with van der Waals surface area (Å²) in [6.45, 7) is 3.74. The van der Waals surface area contributed by atoms with Crippen molar-refractivity contribution < 1.29 is 19.2 Å². The number of nitrogens with one attached hydrogen (secondary N) is 3. The lowest BCUT2D eigenvalue weighted by Crippen LogP contribution is -2.51. The summed E-state index contributed by atoms with van der Waals surface area (Å²) in [6.07, 6.45) is 1.19. The number of nitrogens with zero attached hydrogens (tertiary/aromatic N) is 1. The van der Waals surface area contributed by atoms with Crippen molar-refractivity contribution in [1.29, 1.82) is 0 Å². The second-order valence-electron chi connectivity index (χ2n) is 4.94. The molecule has 2 heterocycles. The zero-order chi connectivity index (χ0) is 16.6. The van der Waals surface area contributed by atoms with Gasteiger partial charge in [-0.1, -0.05) is 24.8 Å². The Morgan fingerprint density at radius 1 is 1.00 bits per heavy atom. The summed E-state index contributed by atoms with van der Waals surface area (Å²) >= 11 is 0. The number of hydrogen-bond acceptors (Lipinski definition) is 5. The number of para-hydroxylation sites is 1. The maximum Gasteiger partial charge on any atom is 0.328 e. The molecule has 3 rings (SSSR count). The lowest BCUT2D eigenvalue weighted by atomic mass is 10.0. The van der Waals surface area contributed by atoms with Gasteiger partial charge in [0.05, 0.1) is 5.69 Å². The van der Waals surface area contributed by atoms with Crippen molar-refractivity contribution in [2.75, 3.05) is 5.01 Å². The van der Waals surface area contributed by atoms with Crippen LogP contribution in [0.3, 0.4) is 0 Å². The highest BCUT2D eigenvalue weighted by Gasteiger charge is 2.37. The van der Waals surface area contributed by atoms with E-state index in [0.717, 1.165) is 0 Å². The van der Waals surface area contributed by atoms with E-state index >= 15 is 0 Å². The molecule has 1 aromatic carbocycles. The molecule has 0 bridgehead atoms. The van der Waals surface area contributed by atoms with E-state index in [2.05, 4.69) is 12.0 Å². The lowest BCUT2D eigenvalue weighted by Gasteiger charge is -2.16. The zero-order valence-corrected chi connectivity index (χ0v) is 11.8. The van der Waals surface area contributed by atoms with Gasteiger partial charge in [0.25, 0.3) is 17.7 Å². The summed E-state index contributed by atoms with van der Waals surface area (Å²) in [4.78, 5) is 47.0. The Kier molecular flexibility index (Phi) is 3.41. The fourth-order valence-electron chi connectivity index (χ4n) is 2.29. The largest absolute Gasteiger partial charge is 0.328 e. The monoisotopic (exact) mass is 312 g/mol. The van der Waals surface area contributed by atoms with Crippen LogP contribution in [-0.4, -0.2) is 23.8 Å². The quantitative estimate of drug-likeness (QED) is 0.525. The molecule has 0 aromatic heterocycles. The smallest absolute Gasteiger partial charge is 0.295 e. The summed E-state index contributed by atoms with van der Waals surface area (Å²) in [5.74, 6) is -2.98. The van der Waals surface area contributed by atoms with E-state index in [1.165, 1.54) is 11.1 Å². The first-order valence-electron chi connectivity index (χ1n) is 6.70. The summed E-state index contributed by atoms with van der Waals surface area (Å²) in [6, 6.07) is 7.92. The summed E-state index contributed by atoms with van der Waals surface area (Å²) in [5.41, 5.74) is 3.43. The Morgan fingerprint density at radius 3 is 2.22 bits per heavy atom. The van der Waals surface area contributed by atoms with Gasteiger partial charge in [-0.25, -0.2) is 9.80 Å². The van der Waals surface area contributed by atoms with Gasteiger partial charge < -0.3 is 0 Å². The van der Waals surface area contributed by atoms with Crippen molar-refractivity contribution >= 4 is 29.4 Å². The van der Waals surface area contributed by atoms with E-state index in [-0.39, 0.29) is 11.5 Å². The second kappa shape index (κ2) is 5.41. The SMILES string of the molecule is C=C1NN(c2ccccc2)C(=O)C1C=C1C(=O)NC(=O)NC1=O. The van der Waals surface area contributed by atoms with Gasteiger partial charge in [0, 0.05) is 5.70 Å². The van der Waals surface area contributed by atoms with E-state index in [0.29, 0.717) is 11.4 Å². The molecule has 116 valence electrons. The minimum Gasteiger partial charge on any atom is -0.295 e. The molecule has 23 heavy (non-hydrogen) atoms. The van der Waals surface area contributed by atoms with E-state index in [4.69, 9.17) is 0 Å². The molecule has 2 fully saturated rings. The molecule has 8 nitrogen and oxygen atoms in total. The van der Waals surface area contributed by atoms with Crippen molar-refractivity contribution in [2.24, 2.45) is 5.92 Å².